The molecular weight excluding hydrogens is 674 g/mol. The molecular formula is C39H51NO12. The maximum Gasteiger partial charge on any atom is 0.415 e. The van der Waals surface area contributed by atoms with E-state index < -0.39 is 60.4 Å². The summed E-state index contributed by atoms with van der Waals surface area (Å²) in [6.07, 6.45) is 4.72. The monoisotopic (exact) mass is 725 g/mol. The van der Waals surface area contributed by atoms with Crippen molar-refractivity contribution < 1.29 is 57.4 Å². The first-order valence-electron chi connectivity index (χ1n) is 17.2. The zero-order valence-electron chi connectivity index (χ0n) is 31.4. The summed E-state index contributed by atoms with van der Waals surface area (Å²) in [4.78, 5) is 40.2. The molecule has 1 fully saturated rings. The lowest BCUT2D eigenvalue weighted by atomic mass is 9.98. The largest absolute Gasteiger partial charge is 0.497 e. The maximum absolute atomic E-state index is 14.0. The minimum absolute atomic E-state index is 0.0249. The zero-order chi connectivity index (χ0) is 38.2. The van der Waals surface area contributed by atoms with E-state index in [1.165, 1.54) is 19.2 Å². The van der Waals surface area contributed by atoms with Crippen molar-refractivity contribution in [2.75, 3.05) is 32.5 Å². The summed E-state index contributed by atoms with van der Waals surface area (Å²) in [5.41, 5.74) is 0.530. The first-order chi connectivity index (χ1) is 24.5. The van der Waals surface area contributed by atoms with Crippen LogP contribution in [0, 0.1) is 5.92 Å². The van der Waals surface area contributed by atoms with Crippen molar-refractivity contribution in [3.8, 4) is 11.5 Å². The van der Waals surface area contributed by atoms with Gasteiger partial charge in [0.15, 0.2) is 12.6 Å². The number of fused-ring (bicyclic) bond motifs is 2. The quantitative estimate of drug-likeness (QED) is 0.157. The molecule has 2 aliphatic rings. The van der Waals surface area contributed by atoms with Gasteiger partial charge in [-0.1, -0.05) is 43.4 Å². The van der Waals surface area contributed by atoms with Crippen LogP contribution in [-0.2, 0) is 39.8 Å². The molecule has 2 aromatic rings. The maximum atomic E-state index is 14.0. The van der Waals surface area contributed by atoms with E-state index in [1.807, 2.05) is 63.3 Å². The molecule has 284 valence electrons. The Morgan fingerprint density at radius 3 is 2.38 bits per heavy atom. The number of carboxylic acids is 1. The third kappa shape index (κ3) is 11.0. The van der Waals surface area contributed by atoms with Crippen molar-refractivity contribution in [3.63, 3.8) is 0 Å². The van der Waals surface area contributed by atoms with Gasteiger partial charge in [0.25, 0.3) is 0 Å². The van der Waals surface area contributed by atoms with Gasteiger partial charge < -0.3 is 43.0 Å². The van der Waals surface area contributed by atoms with E-state index in [9.17, 15) is 19.5 Å². The highest BCUT2D eigenvalue weighted by Gasteiger charge is 2.44. The Morgan fingerprint density at radius 2 is 1.75 bits per heavy atom. The van der Waals surface area contributed by atoms with Gasteiger partial charge in [-0.25, -0.2) is 9.59 Å². The van der Waals surface area contributed by atoms with Crippen LogP contribution in [0.1, 0.15) is 76.4 Å². The predicted octanol–water partition coefficient (Wildman–Crippen LogP) is 6.76. The minimum Gasteiger partial charge on any atom is -0.497 e. The van der Waals surface area contributed by atoms with Gasteiger partial charge in [0, 0.05) is 19.1 Å². The molecule has 4 rings (SSSR count). The Hall–Kier alpha value is -4.43. The lowest BCUT2D eigenvalue weighted by Crippen LogP contribution is -2.40. The molecule has 0 aromatic heterocycles. The van der Waals surface area contributed by atoms with E-state index >= 15 is 0 Å². The third-order valence-corrected chi connectivity index (χ3v) is 8.32. The number of carbonyl (C=O) groups excluding carboxylic acids is 2. The van der Waals surface area contributed by atoms with Crippen LogP contribution in [0.5, 0.6) is 11.5 Å². The molecule has 0 radical (unpaired) electrons. The van der Waals surface area contributed by atoms with Crippen LogP contribution in [0.3, 0.4) is 0 Å². The summed E-state index contributed by atoms with van der Waals surface area (Å²) in [7, 11) is 3.03. The Labute approximate surface area is 305 Å². The number of carbonyl (C=O) groups is 3. The summed E-state index contributed by atoms with van der Waals surface area (Å²) in [6.45, 7) is 11.8. The number of nitrogens with zero attached hydrogens (tertiary/aromatic N) is 1. The number of anilines is 1. The number of cyclic esters (lactones) is 1. The van der Waals surface area contributed by atoms with E-state index in [0.29, 0.717) is 18.6 Å². The van der Waals surface area contributed by atoms with E-state index in [1.54, 1.807) is 40.9 Å². The van der Waals surface area contributed by atoms with Crippen LogP contribution >= 0.6 is 0 Å². The topological polar surface area (TPSA) is 149 Å². The second-order valence-corrected chi connectivity index (χ2v) is 14.2. The number of amides is 1. The number of benzene rings is 2. The predicted molar refractivity (Wildman–Crippen MR) is 192 cm³/mol. The average molecular weight is 726 g/mol. The summed E-state index contributed by atoms with van der Waals surface area (Å²) >= 11 is 0. The number of methoxy groups -OCH3 is 2. The molecule has 2 aromatic carbocycles. The molecule has 52 heavy (non-hydrogen) atoms. The van der Waals surface area contributed by atoms with Crippen LogP contribution in [-0.4, -0.2) is 86.5 Å². The summed E-state index contributed by atoms with van der Waals surface area (Å²) < 4.78 is 47.1. The van der Waals surface area contributed by atoms with Crippen molar-refractivity contribution in [1.29, 1.82) is 0 Å². The highest BCUT2D eigenvalue weighted by molar-refractivity contribution is 6.00. The van der Waals surface area contributed by atoms with Crippen LogP contribution in [0.25, 0.3) is 6.08 Å². The Morgan fingerprint density at radius 1 is 1.04 bits per heavy atom. The second kappa shape index (κ2) is 17.4. The average Bonchev–Trinajstić information content (AvgIpc) is 3.38. The Bertz CT molecular complexity index is 1610. The number of hydrogen-bond donors (Lipinski definition) is 1. The highest BCUT2D eigenvalue weighted by atomic mass is 16.8. The summed E-state index contributed by atoms with van der Waals surface area (Å²) in [5.74, 6) is -2.36. The number of esters is 1. The fourth-order valence-electron chi connectivity index (χ4n) is 5.68. The van der Waals surface area contributed by atoms with Gasteiger partial charge in [-0.3, -0.25) is 9.69 Å². The van der Waals surface area contributed by atoms with Crippen LogP contribution in [0.4, 0.5) is 10.5 Å². The van der Waals surface area contributed by atoms with E-state index in [-0.39, 0.29) is 29.7 Å². The minimum atomic E-state index is -1.27. The zero-order valence-corrected chi connectivity index (χ0v) is 31.4. The number of hydrogen-bond acceptors (Lipinski definition) is 11. The van der Waals surface area contributed by atoms with E-state index in [4.69, 9.17) is 37.9 Å². The van der Waals surface area contributed by atoms with Gasteiger partial charge in [0.2, 0.25) is 0 Å². The molecule has 1 N–H and O–H groups in total. The standard InChI is InChI=1S/C39H51NO12/c1-24-13-18-30(47-22-26-14-16-29(46-9)17-15-26)35-31(50-39(6,7)51-35)12-10-11-27-19-28(40(21-33(41)42)37(44)52-38(3,4)5)20-32(48-23-45-8)34(27)36(43)49-25(24)2/h10-11,13-20,24-25,30-31,35H,12,21-23H2,1-9H3,(H,41,42)/t24-,25+,30-,31+,35-/m1/s1. The molecule has 0 unspecified atom stereocenters. The van der Waals surface area contributed by atoms with Crippen LogP contribution < -0.4 is 14.4 Å². The van der Waals surface area contributed by atoms with Crippen molar-refractivity contribution in [3.05, 3.63) is 71.3 Å². The molecule has 13 heteroatoms. The molecule has 0 saturated carbocycles. The highest BCUT2D eigenvalue weighted by Crippen LogP contribution is 2.36. The van der Waals surface area contributed by atoms with Gasteiger partial charge in [-0.2, -0.15) is 0 Å². The number of ether oxygens (including phenoxy) is 8. The third-order valence-electron chi connectivity index (χ3n) is 8.32. The van der Waals surface area contributed by atoms with Crippen molar-refractivity contribution >= 4 is 29.8 Å². The Kier molecular flexibility index (Phi) is 13.5. The van der Waals surface area contributed by atoms with Crippen molar-refractivity contribution in [2.24, 2.45) is 5.92 Å². The molecule has 0 aliphatic carbocycles. The lowest BCUT2D eigenvalue weighted by molar-refractivity contribution is -0.156. The van der Waals surface area contributed by atoms with Gasteiger partial charge >= 0.3 is 18.0 Å². The SMILES string of the molecule is COCOc1cc(N(CC(=O)O)C(=O)OC(C)(C)C)cc2c1C(=O)O[C@@H](C)[C@H](C)C=C[C@@H](OCc1ccc(OC)cc1)[C@H]1OC(C)(C)O[C@H]1CC=C2. The molecule has 5 atom stereocenters. The van der Waals surface area contributed by atoms with Gasteiger partial charge in [-0.05, 0) is 77.3 Å². The van der Waals surface area contributed by atoms with Gasteiger partial charge in [0.05, 0.1) is 25.5 Å². The van der Waals surface area contributed by atoms with E-state index in [2.05, 4.69) is 0 Å². The molecule has 13 nitrogen and oxygen atoms in total. The lowest BCUT2D eigenvalue weighted by Gasteiger charge is -2.28. The summed E-state index contributed by atoms with van der Waals surface area (Å²) in [5, 5.41) is 9.74. The molecule has 0 bridgehead atoms. The first-order valence-corrected chi connectivity index (χ1v) is 17.2. The smallest absolute Gasteiger partial charge is 0.415 e. The van der Waals surface area contributed by atoms with Crippen molar-refractivity contribution in [2.45, 2.75) is 97.3 Å². The fraction of sp³-hybridized carbons (Fsp3) is 0.513. The fourth-order valence-corrected chi connectivity index (χ4v) is 5.68. The number of aliphatic carboxylic acids is 1. The molecule has 2 aliphatic heterocycles. The van der Waals surface area contributed by atoms with Crippen molar-refractivity contribution in [1.82, 2.24) is 0 Å². The van der Waals surface area contributed by atoms with Crippen LogP contribution in [0.2, 0.25) is 0 Å². The Balaban J connectivity index is 1.79. The number of rotatable bonds is 10. The molecule has 2 heterocycles. The van der Waals surface area contributed by atoms with Crippen LogP contribution in [0.15, 0.2) is 54.6 Å². The van der Waals surface area contributed by atoms with Gasteiger partial charge in [-0.15, -0.1) is 0 Å². The second-order valence-electron chi connectivity index (χ2n) is 14.2. The normalized spacial score (nSPS) is 23.1. The summed E-state index contributed by atoms with van der Waals surface area (Å²) in [6, 6.07) is 10.5. The molecule has 1 saturated heterocycles. The van der Waals surface area contributed by atoms with E-state index in [0.717, 1.165) is 16.2 Å². The first kappa shape index (κ1) is 40.3. The molecule has 0 spiro atoms. The van der Waals surface area contributed by atoms with Gasteiger partial charge in [0.1, 0.15) is 47.5 Å². The molecule has 1 amide bonds. The number of carboxylic acid groups (broad SMARTS) is 1.